The monoisotopic (exact) mass is 264 g/mol. The number of carbonyl (C=O) groups is 2. The van der Waals surface area contributed by atoms with Crippen LogP contribution in [0.5, 0.6) is 0 Å². The molecule has 19 heavy (non-hydrogen) atoms. The van der Waals surface area contributed by atoms with Crippen molar-refractivity contribution in [3.63, 3.8) is 0 Å². The van der Waals surface area contributed by atoms with Crippen molar-refractivity contribution < 1.29 is 19.4 Å². The average Bonchev–Trinajstić information content (AvgIpc) is 2.75. The molecule has 0 bridgehead atoms. The van der Waals surface area contributed by atoms with Crippen LogP contribution in [-0.4, -0.2) is 29.7 Å². The molecule has 102 valence electrons. The maximum atomic E-state index is 12.0. The smallest absolute Gasteiger partial charge is 0.337 e. The first kappa shape index (κ1) is 13.4. The van der Waals surface area contributed by atoms with E-state index >= 15 is 0 Å². The van der Waals surface area contributed by atoms with Crippen LogP contribution >= 0.6 is 0 Å². The lowest BCUT2D eigenvalue weighted by molar-refractivity contribution is -0.119. The lowest BCUT2D eigenvalue weighted by atomic mass is 10.0. The average molecular weight is 264 g/mol. The number of hydrogen-bond donors (Lipinski definition) is 3. The summed E-state index contributed by atoms with van der Waals surface area (Å²) in [6, 6.07) is 4.31. The minimum atomic E-state index is -1.11. The van der Waals surface area contributed by atoms with Crippen LogP contribution in [0.2, 0.25) is 0 Å². The molecule has 1 amide bonds. The van der Waals surface area contributed by atoms with E-state index in [1.807, 2.05) is 6.92 Å². The Morgan fingerprint density at radius 3 is 2.79 bits per heavy atom. The van der Waals surface area contributed by atoms with Crippen LogP contribution in [0.3, 0.4) is 0 Å². The summed E-state index contributed by atoms with van der Waals surface area (Å²) in [7, 11) is 0. The molecule has 1 aliphatic rings. The molecule has 6 nitrogen and oxygen atoms in total. The van der Waals surface area contributed by atoms with E-state index in [9.17, 15) is 9.59 Å². The molecule has 0 radical (unpaired) electrons. The fourth-order valence-electron chi connectivity index (χ4n) is 2.09. The van der Waals surface area contributed by atoms with E-state index in [4.69, 9.17) is 15.6 Å². The zero-order chi connectivity index (χ0) is 14.0. The molecule has 6 heteroatoms. The first-order chi connectivity index (χ1) is 8.97. The highest BCUT2D eigenvalue weighted by Crippen LogP contribution is 2.24. The van der Waals surface area contributed by atoms with Gasteiger partial charge in [0.25, 0.3) is 0 Å². The van der Waals surface area contributed by atoms with E-state index in [1.54, 1.807) is 0 Å². The summed E-state index contributed by atoms with van der Waals surface area (Å²) in [5.41, 5.74) is 6.25. The van der Waals surface area contributed by atoms with Crippen molar-refractivity contribution in [1.29, 1.82) is 0 Å². The number of ether oxygens (including phenoxy) is 1. The Kier molecular flexibility index (Phi) is 3.71. The van der Waals surface area contributed by atoms with Crippen LogP contribution in [0.4, 0.5) is 11.4 Å². The van der Waals surface area contributed by atoms with Crippen LogP contribution < -0.4 is 11.1 Å². The summed E-state index contributed by atoms with van der Waals surface area (Å²) in [5.74, 6) is -1.60. The molecule has 1 aliphatic heterocycles. The number of carboxylic acids is 1. The van der Waals surface area contributed by atoms with E-state index in [2.05, 4.69) is 5.32 Å². The van der Waals surface area contributed by atoms with Gasteiger partial charge in [-0.25, -0.2) is 4.79 Å². The first-order valence-electron chi connectivity index (χ1n) is 6.02. The highest BCUT2D eigenvalue weighted by molar-refractivity contribution is 6.01. The Labute approximate surface area is 110 Å². The minimum Gasteiger partial charge on any atom is -0.478 e. The third-order valence-corrected chi connectivity index (χ3v) is 3.10. The third-order valence-electron chi connectivity index (χ3n) is 3.10. The van der Waals surface area contributed by atoms with Crippen LogP contribution in [0.1, 0.15) is 23.7 Å². The van der Waals surface area contributed by atoms with E-state index < -0.39 is 5.97 Å². The molecule has 0 aromatic heterocycles. The normalized spacial score (nSPS) is 22.2. The molecule has 0 spiro atoms. The van der Waals surface area contributed by atoms with Gasteiger partial charge in [-0.1, -0.05) is 0 Å². The summed E-state index contributed by atoms with van der Waals surface area (Å²) >= 11 is 0. The Hall–Kier alpha value is -2.08. The van der Waals surface area contributed by atoms with Crippen LogP contribution in [0, 0.1) is 5.92 Å². The summed E-state index contributed by atoms with van der Waals surface area (Å²) < 4.78 is 5.32. The molecule has 2 unspecified atom stereocenters. The van der Waals surface area contributed by atoms with E-state index in [0.717, 1.165) is 0 Å². The van der Waals surface area contributed by atoms with Crippen molar-refractivity contribution in [2.24, 2.45) is 5.92 Å². The number of nitrogens with one attached hydrogen (secondary N) is 1. The van der Waals surface area contributed by atoms with Crippen molar-refractivity contribution in [3.8, 4) is 0 Å². The van der Waals surface area contributed by atoms with Gasteiger partial charge in [0.05, 0.1) is 29.9 Å². The van der Waals surface area contributed by atoms with Crippen molar-refractivity contribution in [2.75, 3.05) is 17.7 Å². The molecule has 1 aromatic rings. The molecule has 0 aliphatic carbocycles. The molecular formula is C13H16N2O4. The number of aromatic carboxylic acids is 1. The van der Waals surface area contributed by atoms with Crippen LogP contribution in [0.15, 0.2) is 18.2 Å². The van der Waals surface area contributed by atoms with Crippen molar-refractivity contribution in [1.82, 2.24) is 0 Å². The van der Waals surface area contributed by atoms with E-state index in [1.165, 1.54) is 18.2 Å². The number of amides is 1. The van der Waals surface area contributed by atoms with Crippen molar-refractivity contribution in [3.05, 3.63) is 23.8 Å². The van der Waals surface area contributed by atoms with Crippen molar-refractivity contribution >= 4 is 23.3 Å². The highest BCUT2D eigenvalue weighted by Gasteiger charge is 2.28. The van der Waals surface area contributed by atoms with Crippen LogP contribution in [-0.2, 0) is 9.53 Å². The Bertz CT molecular complexity index is 515. The maximum Gasteiger partial charge on any atom is 0.337 e. The lowest BCUT2D eigenvalue weighted by Gasteiger charge is -2.12. The van der Waals surface area contributed by atoms with Gasteiger partial charge in [-0.2, -0.15) is 0 Å². The Balaban J connectivity index is 2.16. The molecule has 2 rings (SSSR count). The molecule has 1 fully saturated rings. The highest BCUT2D eigenvalue weighted by atomic mass is 16.5. The fraction of sp³-hybridized carbons (Fsp3) is 0.385. The van der Waals surface area contributed by atoms with Gasteiger partial charge in [-0.15, -0.1) is 0 Å². The number of rotatable bonds is 3. The summed E-state index contributed by atoms with van der Waals surface area (Å²) in [5, 5.41) is 11.7. The van der Waals surface area contributed by atoms with Gasteiger partial charge in [-0.05, 0) is 31.5 Å². The number of carbonyl (C=O) groups excluding carboxylic acids is 1. The first-order valence-corrected chi connectivity index (χ1v) is 6.02. The maximum absolute atomic E-state index is 12.0. The predicted molar refractivity (Wildman–Crippen MR) is 70.0 cm³/mol. The van der Waals surface area contributed by atoms with Crippen molar-refractivity contribution in [2.45, 2.75) is 19.4 Å². The second kappa shape index (κ2) is 5.27. The number of benzene rings is 1. The van der Waals surface area contributed by atoms with Gasteiger partial charge in [-0.3, -0.25) is 4.79 Å². The topological polar surface area (TPSA) is 102 Å². The summed E-state index contributed by atoms with van der Waals surface area (Å²) in [6.45, 7) is 2.26. The second-order valence-corrected chi connectivity index (χ2v) is 4.68. The Morgan fingerprint density at radius 1 is 1.47 bits per heavy atom. The number of nitrogens with two attached hydrogens (primary N) is 1. The lowest BCUT2D eigenvalue weighted by Crippen LogP contribution is -2.24. The molecule has 1 aromatic carbocycles. The largest absolute Gasteiger partial charge is 0.478 e. The van der Waals surface area contributed by atoms with Gasteiger partial charge >= 0.3 is 5.97 Å². The molecule has 4 N–H and O–H groups in total. The number of carboxylic acid groups (broad SMARTS) is 1. The van der Waals surface area contributed by atoms with Gasteiger partial charge in [0.15, 0.2) is 0 Å². The van der Waals surface area contributed by atoms with Gasteiger partial charge in [0.1, 0.15) is 0 Å². The SMILES string of the molecule is CC1CC(C(=O)Nc2cc(N)ccc2C(=O)O)CO1. The quantitative estimate of drug-likeness (QED) is 0.715. The van der Waals surface area contributed by atoms with Gasteiger partial charge in [0.2, 0.25) is 5.91 Å². The summed E-state index contributed by atoms with van der Waals surface area (Å²) in [4.78, 5) is 23.1. The standard InChI is InChI=1S/C13H16N2O4/c1-7-4-8(6-19-7)12(16)15-11-5-9(14)2-3-10(11)13(17)18/h2-3,5,7-8H,4,6,14H2,1H3,(H,15,16)(H,17,18). The molecule has 1 heterocycles. The molecular weight excluding hydrogens is 248 g/mol. The molecule has 1 saturated heterocycles. The number of nitrogen functional groups attached to an aromatic ring is 1. The third kappa shape index (κ3) is 3.03. The zero-order valence-corrected chi connectivity index (χ0v) is 10.6. The fourth-order valence-corrected chi connectivity index (χ4v) is 2.09. The van der Waals surface area contributed by atoms with Crippen LogP contribution in [0.25, 0.3) is 0 Å². The Morgan fingerprint density at radius 2 is 2.21 bits per heavy atom. The van der Waals surface area contributed by atoms with E-state index in [0.29, 0.717) is 18.7 Å². The number of anilines is 2. The summed E-state index contributed by atoms with van der Waals surface area (Å²) in [6.07, 6.45) is 0.687. The van der Waals surface area contributed by atoms with Gasteiger partial charge in [0, 0.05) is 5.69 Å². The van der Waals surface area contributed by atoms with Gasteiger partial charge < -0.3 is 20.9 Å². The molecule has 2 atom stereocenters. The second-order valence-electron chi connectivity index (χ2n) is 4.68. The van der Waals surface area contributed by atoms with E-state index in [-0.39, 0.29) is 29.2 Å². The zero-order valence-electron chi connectivity index (χ0n) is 10.6. The predicted octanol–water partition coefficient (Wildman–Crippen LogP) is 1.33. The molecule has 0 saturated carbocycles. The minimum absolute atomic E-state index is 0.0227. The number of hydrogen-bond acceptors (Lipinski definition) is 4.